The van der Waals surface area contributed by atoms with E-state index in [1.165, 1.54) is 0 Å². The van der Waals surface area contributed by atoms with Crippen molar-refractivity contribution in [2.45, 2.75) is 6.10 Å². The summed E-state index contributed by atoms with van der Waals surface area (Å²) in [6.45, 7) is 0. The van der Waals surface area contributed by atoms with Gasteiger partial charge in [-0.3, -0.25) is 5.10 Å². The zero-order valence-corrected chi connectivity index (χ0v) is 8.57. The lowest BCUT2D eigenvalue weighted by Crippen LogP contribution is -2.04. The van der Waals surface area contributed by atoms with Gasteiger partial charge < -0.3 is 10.8 Å². The van der Waals surface area contributed by atoms with Crippen LogP contribution in [0.5, 0.6) is 0 Å². The Morgan fingerprint density at radius 1 is 1.40 bits per heavy atom. The topological polar surface area (TPSA) is 74.9 Å². The molecule has 4 nitrogen and oxygen atoms in total. The highest BCUT2D eigenvalue weighted by molar-refractivity contribution is 6.33. The largest absolute Gasteiger partial charge is 0.397 e. The third kappa shape index (κ3) is 1.82. The van der Waals surface area contributed by atoms with E-state index in [2.05, 4.69) is 10.2 Å². The summed E-state index contributed by atoms with van der Waals surface area (Å²) >= 11 is 5.86. The van der Waals surface area contributed by atoms with E-state index in [1.54, 1.807) is 30.5 Å². The third-order valence-electron chi connectivity index (χ3n) is 2.20. The number of nitrogens with two attached hydrogens (primary N) is 1. The molecular weight excluding hydrogens is 214 g/mol. The predicted molar refractivity (Wildman–Crippen MR) is 58.5 cm³/mol. The van der Waals surface area contributed by atoms with Gasteiger partial charge in [0, 0.05) is 11.8 Å². The molecule has 1 atom stereocenters. The van der Waals surface area contributed by atoms with E-state index in [0.717, 1.165) is 0 Å². The number of benzene rings is 1. The molecule has 0 saturated heterocycles. The molecule has 2 rings (SSSR count). The van der Waals surface area contributed by atoms with Crippen LogP contribution in [0.25, 0.3) is 0 Å². The Kier molecular flexibility index (Phi) is 2.62. The average molecular weight is 224 g/mol. The van der Waals surface area contributed by atoms with E-state index in [9.17, 15) is 5.11 Å². The highest BCUT2D eigenvalue weighted by atomic mass is 35.5. The number of nitrogens with zero attached hydrogens (tertiary/aromatic N) is 1. The number of aliphatic hydroxyl groups is 1. The molecule has 2 aromatic rings. The smallest absolute Gasteiger partial charge is 0.122 e. The summed E-state index contributed by atoms with van der Waals surface area (Å²) in [4.78, 5) is 0. The second-order valence-corrected chi connectivity index (χ2v) is 3.56. The molecule has 0 aliphatic carbocycles. The molecule has 5 heteroatoms. The molecule has 1 aromatic heterocycles. The Balaban J connectivity index is 2.42. The van der Waals surface area contributed by atoms with E-state index >= 15 is 0 Å². The minimum absolute atomic E-state index is 0.390. The Labute approximate surface area is 91.7 Å². The summed E-state index contributed by atoms with van der Waals surface area (Å²) in [6.07, 6.45) is 0.741. The number of para-hydroxylation sites is 1. The van der Waals surface area contributed by atoms with Crippen molar-refractivity contribution in [2.75, 3.05) is 5.73 Å². The van der Waals surface area contributed by atoms with E-state index in [0.29, 0.717) is 22.0 Å². The van der Waals surface area contributed by atoms with E-state index in [4.69, 9.17) is 17.3 Å². The van der Waals surface area contributed by atoms with E-state index in [1.807, 2.05) is 0 Å². The summed E-state index contributed by atoms with van der Waals surface area (Å²) in [5.74, 6) is 0. The van der Waals surface area contributed by atoms with Gasteiger partial charge in [0.15, 0.2) is 0 Å². The molecule has 0 aliphatic heterocycles. The minimum Gasteiger partial charge on any atom is -0.397 e. The molecule has 0 spiro atoms. The molecule has 4 N–H and O–H groups in total. The number of aliphatic hydroxyl groups excluding tert-OH is 1. The van der Waals surface area contributed by atoms with Crippen LogP contribution >= 0.6 is 11.6 Å². The van der Waals surface area contributed by atoms with Crippen LogP contribution in [0.1, 0.15) is 17.4 Å². The molecule has 0 aliphatic rings. The second kappa shape index (κ2) is 3.92. The monoisotopic (exact) mass is 223 g/mol. The van der Waals surface area contributed by atoms with Crippen molar-refractivity contribution in [3.8, 4) is 0 Å². The lowest BCUT2D eigenvalue weighted by molar-refractivity contribution is 0.216. The fourth-order valence-electron chi connectivity index (χ4n) is 1.38. The summed E-state index contributed by atoms with van der Waals surface area (Å²) < 4.78 is 0. The second-order valence-electron chi connectivity index (χ2n) is 3.16. The maximum absolute atomic E-state index is 9.98. The van der Waals surface area contributed by atoms with Crippen molar-refractivity contribution in [3.05, 3.63) is 46.7 Å². The zero-order valence-electron chi connectivity index (χ0n) is 7.81. The van der Waals surface area contributed by atoms with Crippen LogP contribution in [0.4, 0.5) is 5.69 Å². The number of H-pyrrole nitrogens is 1. The van der Waals surface area contributed by atoms with Crippen molar-refractivity contribution in [3.63, 3.8) is 0 Å². The number of nitrogens with one attached hydrogen (secondary N) is 1. The van der Waals surface area contributed by atoms with Gasteiger partial charge in [-0.1, -0.05) is 23.7 Å². The van der Waals surface area contributed by atoms with Crippen LogP contribution < -0.4 is 5.73 Å². The molecule has 0 fully saturated rings. The Hall–Kier alpha value is -1.52. The molecule has 78 valence electrons. The molecule has 1 aromatic carbocycles. The number of aromatic nitrogens is 2. The SMILES string of the molecule is Nc1c(Cl)cccc1C(O)c1ccn[nH]1. The van der Waals surface area contributed by atoms with Gasteiger partial charge >= 0.3 is 0 Å². The molecule has 0 bridgehead atoms. The normalized spacial score (nSPS) is 12.7. The summed E-state index contributed by atoms with van der Waals surface area (Å²) in [7, 11) is 0. The highest BCUT2D eigenvalue weighted by Crippen LogP contribution is 2.30. The fourth-order valence-corrected chi connectivity index (χ4v) is 1.56. The maximum atomic E-state index is 9.98. The van der Waals surface area contributed by atoms with Gasteiger partial charge in [-0.25, -0.2) is 0 Å². The van der Waals surface area contributed by atoms with E-state index in [-0.39, 0.29) is 0 Å². The number of halogens is 1. The summed E-state index contributed by atoms with van der Waals surface area (Å²) in [5.41, 5.74) is 7.32. The third-order valence-corrected chi connectivity index (χ3v) is 2.53. The van der Waals surface area contributed by atoms with Crippen LogP contribution in [0.15, 0.2) is 30.5 Å². The van der Waals surface area contributed by atoms with Crippen LogP contribution in [-0.2, 0) is 0 Å². The molecule has 0 saturated carbocycles. The lowest BCUT2D eigenvalue weighted by Gasteiger charge is -2.12. The average Bonchev–Trinajstić information content (AvgIpc) is 2.74. The van der Waals surface area contributed by atoms with Crippen LogP contribution in [0.2, 0.25) is 5.02 Å². The standard InChI is InChI=1S/C10H10ClN3O/c11-7-3-1-2-6(9(7)12)10(15)8-4-5-13-14-8/h1-5,10,15H,12H2,(H,13,14). The first-order valence-electron chi connectivity index (χ1n) is 4.41. The number of hydrogen-bond acceptors (Lipinski definition) is 3. The summed E-state index contributed by atoms with van der Waals surface area (Å²) in [6, 6.07) is 6.84. The molecule has 1 heterocycles. The first-order valence-corrected chi connectivity index (χ1v) is 4.79. The van der Waals surface area contributed by atoms with Gasteiger partial charge in [0.25, 0.3) is 0 Å². The fraction of sp³-hybridized carbons (Fsp3) is 0.100. The number of aromatic amines is 1. The van der Waals surface area contributed by atoms with Gasteiger partial charge in [0.1, 0.15) is 6.10 Å². The highest BCUT2D eigenvalue weighted by Gasteiger charge is 2.15. The molecule has 15 heavy (non-hydrogen) atoms. The molecular formula is C10H10ClN3O. The van der Waals surface area contributed by atoms with Crippen LogP contribution in [0, 0.1) is 0 Å². The molecule has 0 radical (unpaired) electrons. The zero-order chi connectivity index (χ0) is 10.8. The van der Waals surface area contributed by atoms with Crippen molar-refractivity contribution in [1.29, 1.82) is 0 Å². The van der Waals surface area contributed by atoms with Gasteiger partial charge in [-0.05, 0) is 12.1 Å². The van der Waals surface area contributed by atoms with Gasteiger partial charge in [-0.15, -0.1) is 0 Å². The predicted octanol–water partition coefficient (Wildman–Crippen LogP) is 1.73. The van der Waals surface area contributed by atoms with Crippen molar-refractivity contribution >= 4 is 17.3 Å². The van der Waals surface area contributed by atoms with Crippen molar-refractivity contribution in [1.82, 2.24) is 10.2 Å². The maximum Gasteiger partial charge on any atom is 0.122 e. The number of hydrogen-bond donors (Lipinski definition) is 3. The first kappa shape index (κ1) is 10.0. The number of anilines is 1. The van der Waals surface area contributed by atoms with Gasteiger partial charge in [-0.2, -0.15) is 5.10 Å². The Morgan fingerprint density at radius 2 is 2.20 bits per heavy atom. The van der Waals surface area contributed by atoms with Crippen molar-refractivity contribution < 1.29 is 5.11 Å². The Morgan fingerprint density at radius 3 is 2.87 bits per heavy atom. The Bertz CT molecular complexity index is 456. The lowest BCUT2D eigenvalue weighted by atomic mass is 10.1. The number of rotatable bonds is 2. The van der Waals surface area contributed by atoms with Crippen LogP contribution in [-0.4, -0.2) is 15.3 Å². The van der Waals surface area contributed by atoms with Crippen LogP contribution in [0.3, 0.4) is 0 Å². The van der Waals surface area contributed by atoms with E-state index < -0.39 is 6.10 Å². The molecule has 1 unspecified atom stereocenters. The quantitative estimate of drug-likeness (QED) is 0.679. The number of nitrogen functional groups attached to an aromatic ring is 1. The summed E-state index contributed by atoms with van der Waals surface area (Å²) in [5, 5.41) is 16.9. The van der Waals surface area contributed by atoms with Gasteiger partial charge in [0.05, 0.1) is 16.4 Å². The minimum atomic E-state index is -0.828. The first-order chi connectivity index (χ1) is 7.20. The van der Waals surface area contributed by atoms with Crippen molar-refractivity contribution in [2.24, 2.45) is 0 Å². The van der Waals surface area contributed by atoms with Gasteiger partial charge in [0.2, 0.25) is 0 Å². The molecule has 0 amide bonds.